The predicted octanol–water partition coefficient (Wildman–Crippen LogP) is 0.0371. The van der Waals surface area contributed by atoms with Gasteiger partial charge in [0.15, 0.2) is 0 Å². The molecule has 5 nitrogen and oxygen atoms in total. The molecule has 0 bridgehead atoms. The van der Waals surface area contributed by atoms with Crippen LogP contribution in [0.5, 0.6) is 0 Å². The summed E-state index contributed by atoms with van der Waals surface area (Å²) in [6.45, 7) is 1.64. The lowest BCUT2D eigenvalue weighted by Gasteiger charge is -2.27. The number of methoxy groups -OCH3 is 1. The minimum atomic E-state index is -0.251. The maximum atomic E-state index is 11.4. The minimum absolute atomic E-state index is 0.0981. The maximum Gasteiger partial charge on any atom is 0.246 e. The van der Waals surface area contributed by atoms with Crippen LogP contribution in [0, 0.1) is 0 Å². The van der Waals surface area contributed by atoms with Gasteiger partial charge in [0.2, 0.25) is 5.91 Å². The summed E-state index contributed by atoms with van der Waals surface area (Å²) in [5.74, 6) is -0.100. The minimum Gasteiger partial charge on any atom is -0.383 e. The molecule has 16 heavy (non-hydrogen) atoms. The van der Waals surface area contributed by atoms with Gasteiger partial charge in [-0.1, -0.05) is 12.8 Å². The fourth-order valence-electron chi connectivity index (χ4n) is 1.99. The lowest BCUT2D eigenvalue weighted by molar-refractivity contribution is -0.132. The Morgan fingerprint density at radius 3 is 2.69 bits per heavy atom. The van der Waals surface area contributed by atoms with Crippen molar-refractivity contribution in [1.29, 1.82) is 0 Å². The second-order valence-electron chi connectivity index (χ2n) is 4.23. The first-order chi connectivity index (χ1) is 7.72. The number of carbonyl (C=O) groups is 1. The fourth-order valence-corrected chi connectivity index (χ4v) is 1.99. The van der Waals surface area contributed by atoms with Crippen molar-refractivity contribution in [2.24, 2.45) is 5.73 Å². The van der Waals surface area contributed by atoms with E-state index in [0.717, 1.165) is 25.7 Å². The van der Waals surface area contributed by atoms with E-state index in [0.29, 0.717) is 19.7 Å². The van der Waals surface area contributed by atoms with Crippen molar-refractivity contribution >= 4 is 5.91 Å². The third kappa shape index (κ3) is 4.08. The monoisotopic (exact) mass is 230 g/mol. The third-order valence-electron chi connectivity index (χ3n) is 3.02. The zero-order chi connectivity index (χ0) is 11.9. The number of carbonyl (C=O) groups excluding carboxylic acids is 1. The fraction of sp³-hybridized carbons (Fsp3) is 0.909. The first kappa shape index (κ1) is 13.4. The molecule has 0 radical (unpaired) electrons. The first-order valence-electron chi connectivity index (χ1n) is 5.82. The summed E-state index contributed by atoms with van der Waals surface area (Å²) in [5, 5.41) is 2.72. The third-order valence-corrected chi connectivity index (χ3v) is 3.02. The lowest BCUT2D eigenvalue weighted by atomic mass is 10.0. The smallest absolute Gasteiger partial charge is 0.246 e. The Balaban J connectivity index is 2.19. The summed E-state index contributed by atoms with van der Waals surface area (Å²) in [6, 6.07) is 0. The van der Waals surface area contributed by atoms with Gasteiger partial charge in [0.1, 0.15) is 6.61 Å². The number of hydrogen-bond acceptors (Lipinski definition) is 4. The summed E-state index contributed by atoms with van der Waals surface area (Å²) < 4.78 is 10.5. The Morgan fingerprint density at radius 2 is 2.12 bits per heavy atom. The molecule has 1 amide bonds. The number of ether oxygens (including phenoxy) is 2. The molecule has 0 atom stereocenters. The highest BCUT2D eigenvalue weighted by Gasteiger charge is 2.33. The number of rotatable bonds is 7. The molecule has 0 aromatic rings. The van der Waals surface area contributed by atoms with Gasteiger partial charge in [-0.15, -0.1) is 0 Å². The second-order valence-corrected chi connectivity index (χ2v) is 4.23. The van der Waals surface area contributed by atoms with Gasteiger partial charge in [-0.2, -0.15) is 0 Å². The molecule has 0 spiro atoms. The lowest BCUT2D eigenvalue weighted by Crippen LogP contribution is -2.41. The van der Waals surface area contributed by atoms with Crippen LogP contribution < -0.4 is 11.1 Å². The van der Waals surface area contributed by atoms with E-state index >= 15 is 0 Å². The van der Waals surface area contributed by atoms with Crippen molar-refractivity contribution in [3.63, 3.8) is 0 Å². The molecule has 1 saturated carbocycles. The van der Waals surface area contributed by atoms with Gasteiger partial charge < -0.3 is 20.5 Å². The molecule has 0 saturated heterocycles. The zero-order valence-electron chi connectivity index (χ0n) is 9.96. The molecular weight excluding hydrogens is 208 g/mol. The number of nitrogens with two attached hydrogens (primary N) is 1. The van der Waals surface area contributed by atoms with Crippen LogP contribution in [0.2, 0.25) is 0 Å². The summed E-state index contributed by atoms with van der Waals surface area (Å²) in [5.41, 5.74) is 5.45. The Bertz CT molecular complexity index is 215. The summed E-state index contributed by atoms with van der Waals surface area (Å²) >= 11 is 0. The van der Waals surface area contributed by atoms with E-state index in [1.165, 1.54) is 0 Å². The van der Waals surface area contributed by atoms with Crippen LogP contribution in [0.4, 0.5) is 0 Å². The summed E-state index contributed by atoms with van der Waals surface area (Å²) in [4.78, 5) is 11.4. The van der Waals surface area contributed by atoms with Gasteiger partial charge in [-0.05, 0) is 12.8 Å². The number of hydrogen-bond donors (Lipinski definition) is 2. The average molecular weight is 230 g/mol. The highest BCUT2D eigenvalue weighted by molar-refractivity contribution is 5.77. The summed E-state index contributed by atoms with van der Waals surface area (Å²) in [6.07, 6.45) is 4.22. The average Bonchev–Trinajstić information content (AvgIpc) is 2.76. The second kappa shape index (κ2) is 6.83. The van der Waals surface area contributed by atoms with Crippen LogP contribution in [-0.4, -0.2) is 44.9 Å². The van der Waals surface area contributed by atoms with Crippen molar-refractivity contribution in [2.75, 3.05) is 33.4 Å². The molecule has 0 unspecified atom stereocenters. The van der Waals surface area contributed by atoms with Crippen LogP contribution in [0.1, 0.15) is 25.7 Å². The van der Waals surface area contributed by atoms with E-state index in [1.807, 2.05) is 0 Å². The Morgan fingerprint density at radius 1 is 1.44 bits per heavy atom. The van der Waals surface area contributed by atoms with Gasteiger partial charge in [-0.3, -0.25) is 4.79 Å². The van der Waals surface area contributed by atoms with Gasteiger partial charge in [0, 0.05) is 20.2 Å². The van der Waals surface area contributed by atoms with Gasteiger partial charge in [-0.25, -0.2) is 0 Å². The number of amides is 1. The van der Waals surface area contributed by atoms with E-state index in [2.05, 4.69) is 5.32 Å². The molecule has 3 N–H and O–H groups in total. The molecule has 0 aromatic heterocycles. The molecular formula is C11H22N2O3. The van der Waals surface area contributed by atoms with Crippen molar-refractivity contribution in [3.8, 4) is 0 Å². The van der Waals surface area contributed by atoms with E-state index in [4.69, 9.17) is 15.2 Å². The molecule has 1 rings (SSSR count). The molecule has 5 heteroatoms. The molecule has 0 heterocycles. The van der Waals surface area contributed by atoms with Crippen molar-refractivity contribution < 1.29 is 14.3 Å². The maximum absolute atomic E-state index is 11.4. The molecule has 1 aliphatic carbocycles. The molecule has 1 fully saturated rings. The van der Waals surface area contributed by atoms with Crippen LogP contribution in [0.3, 0.4) is 0 Å². The van der Waals surface area contributed by atoms with Crippen molar-refractivity contribution in [2.45, 2.75) is 31.3 Å². The van der Waals surface area contributed by atoms with E-state index in [1.54, 1.807) is 7.11 Å². The zero-order valence-corrected chi connectivity index (χ0v) is 9.96. The largest absolute Gasteiger partial charge is 0.383 e. The Hall–Kier alpha value is -0.650. The van der Waals surface area contributed by atoms with E-state index < -0.39 is 0 Å². The summed E-state index contributed by atoms with van der Waals surface area (Å²) in [7, 11) is 1.60. The molecule has 0 aliphatic heterocycles. The van der Waals surface area contributed by atoms with Crippen molar-refractivity contribution in [3.05, 3.63) is 0 Å². The highest BCUT2D eigenvalue weighted by Crippen LogP contribution is 2.31. The van der Waals surface area contributed by atoms with E-state index in [-0.39, 0.29) is 18.1 Å². The highest BCUT2D eigenvalue weighted by atomic mass is 16.5. The number of nitrogens with one attached hydrogen (secondary N) is 1. The Labute approximate surface area is 96.7 Å². The quantitative estimate of drug-likeness (QED) is 0.605. The molecule has 1 aliphatic rings. The first-order valence-corrected chi connectivity index (χ1v) is 5.82. The van der Waals surface area contributed by atoms with Crippen LogP contribution in [0.25, 0.3) is 0 Å². The van der Waals surface area contributed by atoms with Crippen LogP contribution in [0.15, 0.2) is 0 Å². The standard InChI is InChI=1S/C11H22N2O3/c1-15-7-6-13-10(14)8-16-11(9-12)4-2-3-5-11/h2-9,12H2,1H3,(H,13,14). The predicted molar refractivity (Wildman–Crippen MR) is 61.1 cm³/mol. The van der Waals surface area contributed by atoms with Crippen LogP contribution in [-0.2, 0) is 14.3 Å². The van der Waals surface area contributed by atoms with Gasteiger partial charge >= 0.3 is 0 Å². The molecule has 0 aromatic carbocycles. The van der Waals surface area contributed by atoms with Gasteiger partial charge in [0.25, 0.3) is 0 Å². The SMILES string of the molecule is COCCNC(=O)COC1(CN)CCCC1. The van der Waals surface area contributed by atoms with Crippen molar-refractivity contribution in [1.82, 2.24) is 5.32 Å². The van der Waals surface area contributed by atoms with Crippen LogP contribution >= 0.6 is 0 Å². The van der Waals surface area contributed by atoms with Gasteiger partial charge in [0.05, 0.1) is 12.2 Å². The van der Waals surface area contributed by atoms with E-state index in [9.17, 15) is 4.79 Å². The topological polar surface area (TPSA) is 73.6 Å². The molecule has 94 valence electrons. The normalized spacial score (nSPS) is 18.6. The Kier molecular flexibility index (Phi) is 5.73.